The Morgan fingerprint density at radius 3 is 2.66 bits per heavy atom. The Morgan fingerprint density at radius 1 is 1.21 bits per heavy atom. The molecule has 0 aromatic heterocycles. The second-order valence-corrected chi connectivity index (χ2v) is 7.40. The molecule has 1 amide bonds. The van der Waals surface area contributed by atoms with E-state index in [1.54, 1.807) is 25.3 Å². The molecule has 2 aromatic carbocycles. The first kappa shape index (κ1) is 20.8. The summed E-state index contributed by atoms with van der Waals surface area (Å²) in [6, 6.07) is 9.43. The Hall–Kier alpha value is -2.90. The zero-order valence-corrected chi connectivity index (χ0v) is 16.3. The number of halogens is 3. The number of benzene rings is 2. The van der Waals surface area contributed by atoms with Crippen molar-refractivity contribution in [2.45, 2.75) is 38.1 Å². The Labute approximate surface area is 166 Å². The molecule has 1 aliphatic heterocycles. The topological polar surface area (TPSA) is 56.8 Å². The quantitative estimate of drug-likeness (QED) is 0.790. The summed E-state index contributed by atoms with van der Waals surface area (Å²) in [5.74, 6) is 0.806. The molecule has 156 valence electrons. The van der Waals surface area contributed by atoms with Gasteiger partial charge in [-0.15, -0.1) is 0 Å². The predicted molar refractivity (Wildman–Crippen MR) is 100 cm³/mol. The number of nitrogens with one attached hydrogen (secondary N) is 1. The minimum Gasteiger partial charge on any atom is -0.497 e. The average Bonchev–Trinajstić information content (AvgIpc) is 2.65. The fourth-order valence-corrected chi connectivity index (χ4v) is 3.24. The van der Waals surface area contributed by atoms with Crippen molar-refractivity contribution in [2.75, 3.05) is 13.7 Å². The van der Waals surface area contributed by atoms with Crippen LogP contribution < -0.4 is 19.5 Å². The third-order valence-electron chi connectivity index (χ3n) is 4.54. The molecule has 0 fully saturated rings. The summed E-state index contributed by atoms with van der Waals surface area (Å²) in [4.78, 5) is 12.4. The van der Waals surface area contributed by atoms with Crippen LogP contribution in [0.15, 0.2) is 42.5 Å². The largest absolute Gasteiger partial charge is 0.497 e. The normalized spacial score (nSPS) is 17.7. The Morgan fingerprint density at radius 2 is 1.97 bits per heavy atom. The lowest BCUT2D eigenvalue weighted by Gasteiger charge is -2.38. The Bertz CT molecular complexity index is 896. The van der Waals surface area contributed by atoms with Gasteiger partial charge in [-0.2, -0.15) is 13.2 Å². The SMILES string of the molecule is COc1ccc2c(c1)[C@H](NC(=O)COc1cccc(C(F)(F)F)c1)CC(C)(C)O2. The molecule has 1 atom stereocenters. The smallest absolute Gasteiger partial charge is 0.416 e. The fraction of sp³-hybridized carbons (Fsp3) is 0.381. The van der Waals surface area contributed by atoms with Crippen LogP contribution in [-0.2, 0) is 11.0 Å². The molecule has 0 saturated heterocycles. The van der Waals surface area contributed by atoms with Crippen LogP contribution in [0, 0.1) is 0 Å². The molecule has 1 aliphatic rings. The second-order valence-electron chi connectivity index (χ2n) is 7.40. The van der Waals surface area contributed by atoms with Crippen LogP contribution in [0.4, 0.5) is 13.2 Å². The summed E-state index contributed by atoms with van der Waals surface area (Å²) in [5, 5.41) is 2.88. The summed E-state index contributed by atoms with van der Waals surface area (Å²) in [7, 11) is 1.55. The molecular weight excluding hydrogens is 387 g/mol. The highest BCUT2D eigenvalue weighted by Gasteiger charge is 2.35. The summed E-state index contributed by atoms with van der Waals surface area (Å²) in [6.07, 6.45) is -3.96. The van der Waals surface area contributed by atoms with Crippen LogP contribution >= 0.6 is 0 Å². The number of carbonyl (C=O) groups is 1. The lowest BCUT2D eigenvalue weighted by atomic mass is 9.89. The van der Waals surface area contributed by atoms with E-state index in [2.05, 4.69) is 5.32 Å². The molecule has 29 heavy (non-hydrogen) atoms. The maximum Gasteiger partial charge on any atom is 0.416 e. The highest BCUT2D eigenvalue weighted by Crippen LogP contribution is 2.41. The van der Waals surface area contributed by atoms with Crippen LogP contribution in [0.5, 0.6) is 17.2 Å². The van der Waals surface area contributed by atoms with Gasteiger partial charge in [-0.25, -0.2) is 0 Å². The maximum atomic E-state index is 12.8. The predicted octanol–water partition coefficient (Wildman–Crippen LogP) is 4.51. The fourth-order valence-electron chi connectivity index (χ4n) is 3.24. The molecule has 5 nitrogen and oxygen atoms in total. The number of amides is 1. The standard InChI is InChI=1S/C21H22F3NO4/c1-20(2)11-17(16-10-14(27-3)7-8-18(16)29-20)25-19(26)12-28-15-6-4-5-13(9-15)21(22,23)24/h4-10,17H,11-12H2,1-3H3,(H,25,26)/t17-/m1/s1. The summed E-state index contributed by atoms with van der Waals surface area (Å²) >= 11 is 0. The second kappa shape index (κ2) is 7.85. The summed E-state index contributed by atoms with van der Waals surface area (Å²) in [6.45, 7) is 3.43. The Balaban J connectivity index is 1.69. The lowest BCUT2D eigenvalue weighted by Crippen LogP contribution is -2.42. The van der Waals surface area contributed by atoms with Crippen molar-refractivity contribution in [2.24, 2.45) is 0 Å². The van der Waals surface area contributed by atoms with E-state index >= 15 is 0 Å². The van der Waals surface area contributed by atoms with Crippen molar-refractivity contribution >= 4 is 5.91 Å². The van der Waals surface area contributed by atoms with E-state index in [0.717, 1.165) is 17.7 Å². The van der Waals surface area contributed by atoms with E-state index in [0.29, 0.717) is 17.9 Å². The van der Waals surface area contributed by atoms with Gasteiger partial charge in [-0.1, -0.05) is 6.07 Å². The minimum absolute atomic E-state index is 0.0237. The van der Waals surface area contributed by atoms with E-state index in [-0.39, 0.29) is 11.8 Å². The lowest BCUT2D eigenvalue weighted by molar-refractivity contribution is -0.137. The van der Waals surface area contributed by atoms with Gasteiger partial charge in [0, 0.05) is 12.0 Å². The van der Waals surface area contributed by atoms with Gasteiger partial charge >= 0.3 is 6.18 Å². The number of carbonyl (C=O) groups excluding carboxylic acids is 1. The third kappa shape index (κ3) is 5.13. The number of ether oxygens (including phenoxy) is 3. The van der Waals surface area contributed by atoms with Gasteiger partial charge in [0.2, 0.25) is 0 Å². The number of fused-ring (bicyclic) bond motifs is 1. The zero-order chi connectivity index (χ0) is 21.2. The highest BCUT2D eigenvalue weighted by molar-refractivity contribution is 5.78. The van der Waals surface area contributed by atoms with Crippen molar-refractivity contribution in [1.82, 2.24) is 5.32 Å². The van der Waals surface area contributed by atoms with Gasteiger partial charge < -0.3 is 19.5 Å². The molecule has 8 heteroatoms. The molecule has 0 radical (unpaired) electrons. The monoisotopic (exact) mass is 409 g/mol. The number of methoxy groups -OCH3 is 1. The Kier molecular flexibility index (Phi) is 5.64. The van der Waals surface area contributed by atoms with Gasteiger partial charge in [0.1, 0.15) is 22.8 Å². The zero-order valence-electron chi connectivity index (χ0n) is 16.3. The van der Waals surface area contributed by atoms with E-state index in [1.807, 2.05) is 13.8 Å². The van der Waals surface area contributed by atoms with Crippen LogP contribution in [0.25, 0.3) is 0 Å². The van der Waals surface area contributed by atoms with E-state index < -0.39 is 29.9 Å². The molecule has 0 saturated carbocycles. The van der Waals surface area contributed by atoms with Crippen LogP contribution in [-0.4, -0.2) is 25.2 Å². The van der Waals surface area contributed by atoms with E-state index in [4.69, 9.17) is 14.2 Å². The first-order chi connectivity index (χ1) is 13.6. The van der Waals surface area contributed by atoms with Crippen molar-refractivity contribution in [3.05, 3.63) is 53.6 Å². The van der Waals surface area contributed by atoms with Gasteiger partial charge in [0.25, 0.3) is 5.91 Å². The molecule has 1 heterocycles. The molecule has 2 aromatic rings. The average molecular weight is 409 g/mol. The maximum absolute atomic E-state index is 12.8. The van der Waals surface area contributed by atoms with Gasteiger partial charge in [-0.05, 0) is 50.2 Å². The first-order valence-corrected chi connectivity index (χ1v) is 9.04. The van der Waals surface area contributed by atoms with Crippen molar-refractivity contribution in [3.8, 4) is 17.2 Å². The first-order valence-electron chi connectivity index (χ1n) is 9.04. The molecule has 0 aliphatic carbocycles. The molecule has 0 spiro atoms. The van der Waals surface area contributed by atoms with Crippen LogP contribution in [0.3, 0.4) is 0 Å². The van der Waals surface area contributed by atoms with Crippen LogP contribution in [0.2, 0.25) is 0 Å². The molecule has 0 bridgehead atoms. The number of hydrogen-bond acceptors (Lipinski definition) is 4. The molecule has 3 rings (SSSR count). The molecule has 1 N–H and O–H groups in total. The minimum atomic E-state index is -4.47. The molecular formula is C21H22F3NO4. The van der Waals surface area contributed by atoms with Gasteiger partial charge in [0.15, 0.2) is 6.61 Å². The molecule has 0 unspecified atom stereocenters. The summed E-state index contributed by atoms with van der Waals surface area (Å²) in [5.41, 5.74) is -0.555. The van der Waals surface area contributed by atoms with Crippen LogP contribution in [0.1, 0.15) is 37.4 Å². The number of rotatable bonds is 5. The van der Waals surface area contributed by atoms with Crippen molar-refractivity contribution < 1.29 is 32.2 Å². The van der Waals surface area contributed by atoms with Gasteiger partial charge in [0.05, 0.1) is 18.7 Å². The van der Waals surface area contributed by atoms with Crippen molar-refractivity contribution in [3.63, 3.8) is 0 Å². The van der Waals surface area contributed by atoms with Gasteiger partial charge in [-0.3, -0.25) is 4.79 Å². The van der Waals surface area contributed by atoms with E-state index in [9.17, 15) is 18.0 Å². The number of alkyl halides is 3. The number of hydrogen-bond donors (Lipinski definition) is 1. The highest BCUT2D eigenvalue weighted by atomic mass is 19.4. The third-order valence-corrected chi connectivity index (χ3v) is 4.54. The van der Waals surface area contributed by atoms with E-state index in [1.165, 1.54) is 12.1 Å². The van der Waals surface area contributed by atoms with Crippen molar-refractivity contribution in [1.29, 1.82) is 0 Å². The summed E-state index contributed by atoms with van der Waals surface area (Å²) < 4.78 is 54.8.